The molecular weight excluding hydrogens is 332 g/mol. The molecule has 0 atom stereocenters. The molecule has 0 aromatic heterocycles. The lowest BCUT2D eigenvalue weighted by Gasteiger charge is -2.09. The van der Waals surface area contributed by atoms with Crippen molar-refractivity contribution < 1.29 is 19.1 Å². The van der Waals surface area contributed by atoms with Crippen LogP contribution in [0, 0.1) is 0 Å². The van der Waals surface area contributed by atoms with E-state index in [1.165, 1.54) is 0 Å². The zero-order chi connectivity index (χ0) is 18.5. The number of carbonyl (C=O) groups excluding carboxylic acids is 3. The van der Waals surface area contributed by atoms with E-state index in [0.717, 1.165) is 16.8 Å². The monoisotopic (exact) mass is 352 g/mol. The molecule has 0 aliphatic carbocycles. The number of amides is 2. The SMILES string of the molecule is COc1ccccc1CNC(=O)CCC(=O)c1ccc2c(c1)CC(=O)N2. The van der Waals surface area contributed by atoms with E-state index in [-0.39, 0.29) is 36.9 Å². The number of Topliss-reactive ketones (excluding diaryl/α,β-unsaturated/α-hetero) is 1. The van der Waals surface area contributed by atoms with Crippen LogP contribution in [-0.4, -0.2) is 24.7 Å². The molecular formula is C20H20N2O4. The quantitative estimate of drug-likeness (QED) is 0.750. The molecule has 0 spiro atoms. The van der Waals surface area contributed by atoms with E-state index >= 15 is 0 Å². The summed E-state index contributed by atoms with van der Waals surface area (Å²) in [5.41, 5.74) is 2.98. The number of benzene rings is 2. The van der Waals surface area contributed by atoms with Gasteiger partial charge >= 0.3 is 0 Å². The number of hydrogen-bond donors (Lipinski definition) is 2. The first kappa shape index (κ1) is 17.7. The number of hydrogen-bond acceptors (Lipinski definition) is 4. The fourth-order valence-corrected chi connectivity index (χ4v) is 2.91. The van der Waals surface area contributed by atoms with Crippen LogP contribution in [0.2, 0.25) is 0 Å². The second-order valence-electron chi connectivity index (χ2n) is 6.11. The van der Waals surface area contributed by atoms with Crippen LogP contribution in [0.15, 0.2) is 42.5 Å². The Hall–Kier alpha value is -3.15. The molecule has 0 bridgehead atoms. The topological polar surface area (TPSA) is 84.5 Å². The molecule has 0 saturated carbocycles. The predicted octanol–water partition coefficient (Wildman–Crippen LogP) is 2.47. The minimum Gasteiger partial charge on any atom is -0.496 e. The number of ether oxygens (including phenoxy) is 1. The van der Waals surface area contributed by atoms with E-state index in [2.05, 4.69) is 10.6 Å². The van der Waals surface area contributed by atoms with Crippen LogP contribution in [0.1, 0.15) is 34.3 Å². The van der Waals surface area contributed by atoms with Crippen molar-refractivity contribution in [3.8, 4) is 5.75 Å². The zero-order valence-corrected chi connectivity index (χ0v) is 14.5. The lowest BCUT2D eigenvalue weighted by atomic mass is 10.0. The molecule has 6 nitrogen and oxygen atoms in total. The van der Waals surface area contributed by atoms with Crippen molar-refractivity contribution in [3.63, 3.8) is 0 Å². The van der Waals surface area contributed by atoms with Gasteiger partial charge in [-0.1, -0.05) is 18.2 Å². The molecule has 1 aliphatic rings. The maximum atomic E-state index is 12.3. The van der Waals surface area contributed by atoms with Gasteiger partial charge < -0.3 is 15.4 Å². The van der Waals surface area contributed by atoms with E-state index in [1.54, 1.807) is 25.3 Å². The minimum absolute atomic E-state index is 0.0692. The van der Waals surface area contributed by atoms with Gasteiger partial charge in [0, 0.05) is 36.2 Å². The summed E-state index contributed by atoms with van der Waals surface area (Å²) < 4.78 is 5.24. The number of rotatable bonds is 7. The van der Waals surface area contributed by atoms with Crippen LogP contribution in [0.25, 0.3) is 0 Å². The van der Waals surface area contributed by atoms with Crippen molar-refractivity contribution in [2.45, 2.75) is 25.8 Å². The maximum absolute atomic E-state index is 12.3. The van der Waals surface area contributed by atoms with Gasteiger partial charge in [0.05, 0.1) is 13.5 Å². The smallest absolute Gasteiger partial charge is 0.228 e. The van der Waals surface area contributed by atoms with Crippen molar-refractivity contribution in [2.24, 2.45) is 0 Å². The van der Waals surface area contributed by atoms with E-state index in [0.29, 0.717) is 17.9 Å². The highest BCUT2D eigenvalue weighted by molar-refractivity contribution is 6.02. The summed E-state index contributed by atoms with van der Waals surface area (Å²) in [6, 6.07) is 12.6. The molecule has 3 rings (SSSR count). The third kappa shape index (κ3) is 4.08. The van der Waals surface area contributed by atoms with Gasteiger partial charge in [-0.2, -0.15) is 0 Å². The summed E-state index contributed by atoms with van der Waals surface area (Å²) in [6.07, 6.45) is 0.524. The Labute approximate surface area is 151 Å². The lowest BCUT2D eigenvalue weighted by molar-refractivity contribution is -0.121. The summed E-state index contributed by atoms with van der Waals surface area (Å²) in [6.45, 7) is 0.351. The summed E-state index contributed by atoms with van der Waals surface area (Å²) in [4.78, 5) is 35.7. The standard InChI is InChI=1S/C20H20N2O4/c1-26-18-5-3-2-4-14(18)12-21-19(24)9-8-17(23)13-6-7-16-15(10-13)11-20(25)22-16/h2-7,10H,8-9,11-12H2,1H3,(H,21,24)(H,22,25). The third-order valence-corrected chi connectivity index (χ3v) is 4.30. The minimum atomic E-state index is -0.192. The number of fused-ring (bicyclic) bond motifs is 1. The molecule has 0 saturated heterocycles. The Morgan fingerprint density at radius 2 is 1.96 bits per heavy atom. The fraction of sp³-hybridized carbons (Fsp3) is 0.250. The summed E-state index contributed by atoms with van der Waals surface area (Å²) in [5, 5.41) is 5.53. The van der Waals surface area contributed by atoms with Gasteiger partial charge in [-0.3, -0.25) is 14.4 Å². The molecule has 2 aromatic carbocycles. The van der Waals surface area contributed by atoms with Crippen molar-refractivity contribution in [1.29, 1.82) is 0 Å². The average Bonchev–Trinajstić information content (AvgIpc) is 3.03. The number of nitrogens with one attached hydrogen (secondary N) is 2. The molecule has 0 fully saturated rings. The molecule has 26 heavy (non-hydrogen) atoms. The normalized spacial score (nSPS) is 12.3. The summed E-state index contributed by atoms with van der Waals surface area (Å²) >= 11 is 0. The molecule has 0 unspecified atom stereocenters. The predicted molar refractivity (Wildman–Crippen MR) is 97.2 cm³/mol. The van der Waals surface area contributed by atoms with Crippen molar-refractivity contribution in [1.82, 2.24) is 5.32 Å². The van der Waals surface area contributed by atoms with Gasteiger partial charge in [0.1, 0.15) is 5.75 Å². The second kappa shape index (κ2) is 7.82. The van der Waals surface area contributed by atoms with E-state index in [4.69, 9.17) is 4.74 Å². The molecule has 6 heteroatoms. The van der Waals surface area contributed by atoms with Crippen LogP contribution in [0.3, 0.4) is 0 Å². The van der Waals surface area contributed by atoms with Gasteiger partial charge in [0.2, 0.25) is 11.8 Å². The van der Waals surface area contributed by atoms with Crippen LogP contribution in [0.4, 0.5) is 5.69 Å². The van der Waals surface area contributed by atoms with Crippen molar-refractivity contribution in [2.75, 3.05) is 12.4 Å². The van der Waals surface area contributed by atoms with Crippen molar-refractivity contribution >= 4 is 23.3 Å². The molecule has 2 amide bonds. The molecule has 1 heterocycles. The second-order valence-corrected chi connectivity index (χ2v) is 6.11. The largest absolute Gasteiger partial charge is 0.496 e. The first-order valence-corrected chi connectivity index (χ1v) is 8.41. The average molecular weight is 352 g/mol. The highest BCUT2D eigenvalue weighted by atomic mass is 16.5. The van der Waals surface area contributed by atoms with Gasteiger partial charge in [-0.15, -0.1) is 0 Å². The van der Waals surface area contributed by atoms with Gasteiger partial charge in [-0.25, -0.2) is 0 Å². The van der Waals surface area contributed by atoms with Crippen LogP contribution in [0.5, 0.6) is 5.75 Å². The number of anilines is 1. The Bertz CT molecular complexity index is 861. The number of ketones is 1. The maximum Gasteiger partial charge on any atom is 0.228 e. The van der Waals surface area contributed by atoms with Crippen LogP contribution < -0.4 is 15.4 Å². The van der Waals surface area contributed by atoms with Crippen molar-refractivity contribution in [3.05, 3.63) is 59.2 Å². The molecule has 134 valence electrons. The number of para-hydroxylation sites is 1. The molecule has 1 aliphatic heterocycles. The number of methoxy groups -OCH3 is 1. The van der Waals surface area contributed by atoms with Crippen LogP contribution in [-0.2, 0) is 22.6 Å². The van der Waals surface area contributed by atoms with E-state index in [1.807, 2.05) is 24.3 Å². The third-order valence-electron chi connectivity index (χ3n) is 4.30. The molecule has 2 aromatic rings. The van der Waals surface area contributed by atoms with Gasteiger partial charge in [0.15, 0.2) is 5.78 Å². The highest BCUT2D eigenvalue weighted by Gasteiger charge is 2.19. The van der Waals surface area contributed by atoms with Gasteiger partial charge in [-0.05, 0) is 29.8 Å². The Morgan fingerprint density at radius 1 is 1.15 bits per heavy atom. The van der Waals surface area contributed by atoms with E-state index in [9.17, 15) is 14.4 Å². The molecule has 2 N–H and O–H groups in total. The zero-order valence-electron chi connectivity index (χ0n) is 14.5. The first-order valence-electron chi connectivity index (χ1n) is 8.41. The Kier molecular flexibility index (Phi) is 5.31. The summed E-state index contributed by atoms with van der Waals surface area (Å²) in [7, 11) is 1.58. The fourth-order valence-electron chi connectivity index (χ4n) is 2.91. The van der Waals surface area contributed by atoms with Gasteiger partial charge in [0.25, 0.3) is 0 Å². The Morgan fingerprint density at radius 3 is 2.77 bits per heavy atom. The summed E-state index contributed by atoms with van der Waals surface area (Å²) in [5.74, 6) is 0.340. The molecule has 0 radical (unpaired) electrons. The Balaban J connectivity index is 1.51. The lowest BCUT2D eigenvalue weighted by Crippen LogP contribution is -2.23. The number of carbonyl (C=O) groups is 3. The first-order chi connectivity index (χ1) is 12.6. The van der Waals surface area contributed by atoms with Crippen LogP contribution >= 0.6 is 0 Å². The highest BCUT2D eigenvalue weighted by Crippen LogP contribution is 2.24. The van der Waals surface area contributed by atoms with E-state index < -0.39 is 0 Å².